The lowest BCUT2D eigenvalue weighted by molar-refractivity contribution is -0.155. The number of likely N-dealkylation sites (tertiary alicyclic amines) is 1. The van der Waals surface area contributed by atoms with Crippen LogP contribution in [0.25, 0.3) is 0 Å². The average Bonchev–Trinajstić information content (AvgIpc) is 2.60. The van der Waals surface area contributed by atoms with E-state index in [1.54, 1.807) is 7.11 Å². The Labute approximate surface area is 144 Å². The second-order valence-electron chi connectivity index (χ2n) is 7.23. The topological polar surface area (TPSA) is 49.8 Å². The first-order valence-corrected chi connectivity index (χ1v) is 9.25. The lowest BCUT2D eigenvalue weighted by Crippen LogP contribution is -2.56. The normalized spacial score (nSPS) is 29.9. The number of hydrogen-bond donors (Lipinski definition) is 1. The number of carbonyl (C=O) groups excluding carboxylic acids is 1. The van der Waals surface area contributed by atoms with Gasteiger partial charge in [0.1, 0.15) is 5.75 Å². The van der Waals surface area contributed by atoms with E-state index in [0.29, 0.717) is 19.4 Å². The molecule has 0 aromatic heterocycles. The number of hydrogen-bond acceptors (Lipinski definition) is 3. The summed E-state index contributed by atoms with van der Waals surface area (Å²) in [6, 6.07) is 7.87. The number of aliphatic hydroxyl groups is 1. The molecule has 1 amide bonds. The fraction of sp³-hybridized carbons (Fsp3) is 0.650. The van der Waals surface area contributed by atoms with E-state index in [1.165, 1.54) is 0 Å². The number of amides is 1. The van der Waals surface area contributed by atoms with Gasteiger partial charge in [0, 0.05) is 24.4 Å². The Morgan fingerprint density at radius 1 is 1.33 bits per heavy atom. The Kier molecular flexibility index (Phi) is 5.14. The summed E-state index contributed by atoms with van der Waals surface area (Å²) in [5, 5.41) is 11.2. The highest BCUT2D eigenvalue weighted by Gasteiger charge is 2.50. The molecule has 2 aliphatic rings. The maximum absolute atomic E-state index is 12.8. The number of fused-ring (bicyclic) bond motifs is 1. The van der Waals surface area contributed by atoms with Crippen LogP contribution >= 0.6 is 0 Å². The molecule has 3 rings (SSSR count). The van der Waals surface area contributed by atoms with Crippen LogP contribution in [0.15, 0.2) is 24.3 Å². The zero-order valence-electron chi connectivity index (χ0n) is 14.8. The highest BCUT2D eigenvalue weighted by atomic mass is 16.5. The molecular formula is C20H29NO3. The van der Waals surface area contributed by atoms with Crippen molar-refractivity contribution >= 4 is 5.91 Å². The van der Waals surface area contributed by atoms with Gasteiger partial charge in [-0.3, -0.25) is 4.79 Å². The van der Waals surface area contributed by atoms with Gasteiger partial charge < -0.3 is 14.7 Å². The van der Waals surface area contributed by atoms with Gasteiger partial charge in [-0.2, -0.15) is 0 Å². The number of piperidine rings is 1. The fourth-order valence-corrected chi connectivity index (χ4v) is 4.61. The number of carbonyl (C=O) groups is 1. The Balaban J connectivity index is 2.03. The first-order chi connectivity index (χ1) is 11.6. The maximum Gasteiger partial charge on any atom is 0.223 e. The molecule has 132 valence electrons. The number of benzene rings is 1. The van der Waals surface area contributed by atoms with Gasteiger partial charge in [-0.25, -0.2) is 0 Å². The summed E-state index contributed by atoms with van der Waals surface area (Å²) in [6.45, 7) is 2.67. The summed E-state index contributed by atoms with van der Waals surface area (Å²) in [6.07, 6.45) is 6.12. The molecule has 1 N–H and O–H groups in total. The van der Waals surface area contributed by atoms with Crippen LogP contribution in [-0.4, -0.2) is 35.2 Å². The zero-order valence-corrected chi connectivity index (χ0v) is 14.8. The summed E-state index contributed by atoms with van der Waals surface area (Å²) in [5.41, 5.74) is 0.390. The van der Waals surface area contributed by atoms with Crippen molar-refractivity contribution in [2.45, 2.75) is 63.5 Å². The highest BCUT2D eigenvalue weighted by Crippen LogP contribution is 2.50. The van der Waals surface area contributed by atoms with Crippen molar-refractivity contribution in [2.24, 2.45) is 5.92 Å². The summed E-state index contributed by atoms with van der Waals surface area (Å²) in [4.78, 5) is 14.8. The zero-order chi connectivity index (χ0) is 17.2. The average molecular weight is 331 g/mol. The molecule has 0 spiro atoms. The van der Waals surface area contributed by atoms with Crippen LogP contribution in [0.5, 0.6) is 5.75 Å². The molecule has 1 aliphatic carbocycles. The predicted molar refractivity (Wildman–Crippen MR) is 93.9 cm³/mol. The third-order valence-electron chi connectivity index (χ3n) is 5.81. The van der Waals surface area contributed by atoms with Gasteiger partial charge in [0.15, 0.2) is 0 Å². The van der Waals surface area contributed by atoms with E-state index in [-0.39, 0.29) is 17.9 Å². The van der Waals surface area contributed by atoms with E-state index < -0.39 is 5.60 Å². The van der Waals surface area contributed by atoms with E-state index in [2.05, 4.69) is 6.07 Å². The number of ether oxygens (including phenoxy) is 1. The number of para-hydroxylation sites is 1. The van der Waals surface area contributed by atoms with Gasteiger partial charge in [0.05, 0.1) is 18.8 Å². The number of rotatable bonds is 4. The van der Waals surface area contributed by atoms with Crippen molar-refractivity contribution in [3.63, 3.8) is 0 Å². The molecule has 1 aromatic carbocycles. The first-order valence-electron chi connectivity index (χ1n) is 9.25. The molecule has 2 fully saturated rings. The summed E-state index contributed by atoms with van der Waals surface area (Å²) in [7, 11) is 1.67. The molecular weight excluding hydrogens is 302 g/mol. The Bertz CT molecular complexity index is 588. The van der Waals surface area contributed by atoms with Crippen LogP contribution in [0, 0.1) is 5.92 Å². The van der Waals surface area contributed by atoms with Crippen molar-refractivity contribution in [3.8, 4) is 5.75 Å². The molecule has 3 atom stereocenters. The second kappa shape index (κ2) is 7.14. The minimum absolute atomic E-state index is 0.0840. The van der Waals surface area contributed by atoms with Gasteiger partial charge in [0.2, 0.25) is 5.91 Å². The van der Waals surface area contributed by atoms with E-state index in [0.717, 1.165) is 43.4 Å². The summed E-state index contributed by atoms with van der Waals surface area (Å²) < 4.78 is 5.58. The minimum atomic E-state index is -0.646. The van der Waals surface area contributed by atoms with E-state index >= 15 is 0 Å². The van der Waals surface area contributed by atoms with Crippen LogP contribution in [0.4, 0.5) is 0 Å². The van der Waals surface area contributed by atoms with Crippen LogP contribution in [0.1, 0.15) is 63.5 Å². The number of methoxy groups -OCH3 is 1. The SMILES string of the molecule is CCCC(=O)N1CCC2(O)CCCCC2C1c1ccccc1OC. The largest absolute Gasteiger partial charge is 0.496 e. The molecule has 1 aromatic rings. The molecule has 1 saturated heterocycles. The summed E-state index contributed by atoms with van der Waals surface area (Å²) in [5.74, 6) is 1.10. The molecule has 0 bridgehead atoms. The minimum Gasteiger partial charge on any atom is -0.496 e. The maximum atomic E-state index is 12.8. The van der Waals surface area contributed by atoms with Crippen molar-refractivity contribution in [1.82, 2.24) is 4.90 Å². The Morgan fingerprint density at radius 3 is 2.88 bits per heavy atom. The van der Waals surface area contributed by atoms with E-state index in [1.807, 2.05) is 30.0 Å². The van der Waals surface area contributed by atoms with Gasteiger partial charge >= 0.3 is 0 Å². The van der Waals surface area contributed by atoms with Crippen LogP contribution in [0.3, 0.4) is 0 Å². The molecule has 1 aliphatic heterocycles. The van der Waals surface area contributed by atoms with E-state index in [4.69, 9.17) is 4.74 Å². The molecule has 1 heterocycles. The molecule has 3 unspecified atom stereocenters. The van der Waals surface area contributed by atoms with Gasteiger partial charge in [-0.05, 0) is 31.7 Å². The van der Waals surface area contributed by atoms with Crippen molar-refractivity contribution in [2.75, 3.05) is 13.7 Å². The molecule has 0 radical (unpaired) electrons. The van der Waals surface area contributed by atoms with Crippen molar-refractivity contribution in [1.29, 1.82) is 0 Å². The van der Waals surface area contributed by atoms with Crippen molar-refractivity contribution < 1.29 is 14.6 Å². The molecule has 4 nitrogen and oxygen atoms in total. The van der Waals surface area contributed by atoms with Crippen LogP contribution in [0.2, 0.25) is 0 Å². The first kappa shape index (κ1) is 17.3. The third kappa shape index (κ3) is 3.04. The Hall–Kier alpha value is -1.55. The fourth-order valence-electron chi connectivity index (χ4n) is 4.61. The van der Waals surface area contributed by atoms with Crippen molar-refractivity contribution in [3.05, 3.63) is 29.8 Å². The van der Waals surface area contributed by atoms with Crippen LogP contribution in [-0.2, 0) is 4.79 Å². The van der Waals surface area contributed by atoms with Crippen LogP contribution < -0.4 is 4.74 Å². The predicted octanol–water partition coefficient (Wildman–Crippen LogP) is 3.69. The van der Waals surface area contributed by atoms with Gasteiger partial charge in [-0.1, -0.05) is 38.0 Å². The number of nitrogens with zero attached hydrogens (tertiary/aromatic N) is 1. The lowest BCUT2D eigenvalue weighted by Gasteiger charge is -2.52. The van der Waals surface area contributed by atoms with Gasteiger partial charge in [0.25, 0.3) is 0 Å². The molecule has 24 heavy (non-hydrogen) atoms. The Morgan fingerprint density at radius 2 is 2.12 bits per heavy atom. The quantitative estimate of drug-likeness (QED) is 0.915. The lowest BCUT2D eigenvalue weighted by atomic mass is 9.66. The smallest absolute Gasteiger partial charge is 0.223 e. The standard InChI is InChI=1S/C20H29NO3/c1-3-8-18(22)21-14-13-20(23)12-7-6-10-16(20)19(21)15-9-4-5-11-17(15)24-2/h4-5,9,11,16,19,23H,3,6-8,10,12-14H2,1-2H3. The van der Waals surface area contributed by atoms with E-state index in [9.17, 15) is 9.90 Å². The highest BCUT2D eigenvalue weighted by molar-refractivity contribution is 5.77. The summed E-state index contributed by atoms with van der Waals surface area (Å²) >= 11 is 0. The monoisotopic (exact) mass is 331 g/mol. The molecule has 1 saturated carbocycles. The molecule has 4 heteroatoms. The third-order valence-corrected chi connectivity index (χ3v) is 5.81. The second-order valence-corrected chi connectivity index (χ2v) is 7.23. The van der Waals surface area contributed by atoms with Gasteiger partial charge in [-0.15, -0.1) is 0 Å².